The smallest absolute Gasteiger partial charge is 0.254 e. The maximum Gasteiger partial charge on any atom is 0.254 e. The first-order valence-corrected chi connectivity index (χ1v) is 7.36. The van der Waals surface area contributed by atoms with E-state index < -0.39 is 23.7 Å². The standard InChI is InChI=1S/C16H14BrFN2O2/c17-11-5-3-4-10(8-11)9-14(15(19)21)20-16(22)12-6-1-2-7-13(12)18/h1-8,14H,9H2,(H2,19,21)(H,20,22)/t14-/m0/s1. The number of amides is 2. The van der Waals surface area contributed by atoms with Crippen LogP contribution in [0.5, 0.6) is 0 Å². The number of hydrogen-bond acceptors (Lipinski definition) is 2. The molecule has 1 atom stereocenters. The molecule has 4 nitrogen and oxygen atoms in total. The van der Waals surface area contributed by atoms with Crippen LogP contribution in [-0.2, 0) is 11.2 Å². The summed E-state index contributed by atoms with van der Waals surface area (Å²) in [6.45, 7) is 0. The van der Waals surface area contributed by atoms with Crippen molar-refractivity contribution >= 4 is 27.7 Å². The molecule has 2 rings (SSSR count). The summed E-state index contributed by atoms with van der Waals surface area (Å²) in [5, 5.41) is 2.47. The number of nitrogens with two attached hydrogens (primary N) is 1. The van der Waals surface area contributed by atoms with E-state index in [9.17, 15) is 14.0 Å². The Balaban J connectivity index is 2.14. The van der Waals surface area contributed by atoms with E-state index in [4.69, 9.17) is 5.73 Å². The van der Waals surface area contributed by atoms with Crippen molar-refractivity contribution in [3.63, 3.8) is 0 Å². The third-order valence-electron chi connectivity index (χ3n) is 3.10. The van der Waals surface area contributed by atoms with Crippen molar-refractivity contribution in [1.29, 1.82) is 0 Å². The molecular formula is C16H14BrFN2O2. The van der Waals surface area contributed by atoms with Crippen LogP contribution < -0.4 is 11.1 Å². The number of primary amides is 1. The summed E-state index contributed by atoms with van der Waals surface area (Å²) in [6, 6.07) is 12.0. The van der Waals surface area contributed by atoms with Gasteiger partial charge in [0, 0.05) is 10.9 Å². The Labute approximate surface area is 135 Å². The quantitative estimate of drug-likeness (QED) is 0.854. The van der Waals surface area contributed by atoms with Gasteiger partial charge in [-0.15, -0.1) is 0 Å². The second-order valence-corrected chi connectivity index (χ2v) is 5.66. The largest absolute Gasteiger partial charge is 0.368 e. The number of benzene rings is 2. The molecule has 2 aromatic carbocycles. The zero-order valence-electron chi connectivity index (χ0n) is 11.6. The summed E-state index contributed by atoms with van der Waals surface area (Å²) in [5.74, 6) is -1.99. The highest BCUT2D eigenvalue weighted by Gasteiger charge is 2.21. The molecule has 0 fully saturated rings. The number of rotatable bonds is 5. The van der Waals surface area contributed by atoms with Crippen LogP contribution in [0, 0.1) is 5.82 Å². The van der Waals surface area contributed by atoms with Crippen LogP contribution in [0.4, 0.5) is 4.39 Å². The molecule has 0 bridgehead atoms. The van der Waals surface area contributed by atoms with E-state index >= 15 is 0 Å². The van der Waals surface area contributed by atoms with Crippen molar-refractivity contribution in [2.75, 3.05) is 0 Å². The number of nitrogens with one attached hydrogen (secondary N) is 1. The average molecular weight is 365 g/mol. The maximum atomic E-state index is 13.6. The van der Waals surface area contributed by atoms with Crippen LogP contribution in [0.15, 0.2) is 53.0 Å². The van der Waals surface area contributed by atoms with Crippen LogP contribution >= 0.6 is 15.9 Å². The minimum atomic E-state index is -0.915. The highest BCUT2D eigenvalue weighted by atomic mass is 79.9. The fourth-order valence-corrected chi connectivity index (χ4v) is 2.45. The summed E-state index contributed by atoms with van der Waals surface area (Å²) in [4.78, 5) is 23.6. The second-order valence-electron chi connectivity index (χ2n) is 4.74. The lowest BCUT2D eigenvalue weighted by Gasteiger charge is -2.16. The van der Waals surface area contributed by atoms with Gasteiger partial charge in [0.25, 0.3) is 5.91 Å². The first-order valence-electron chi connectivity index (χ1n) is 6.56. The van der Waals surface area contributed by atoms with Crippen molar-refractivity contribution < 1.29 is 14.0 Å². The van der Waals surface area contributed by atoms with E-state index in [0.29, 0.717) is 0 Å². The molecule has 114 valence electrons. The number of halogens is 2. The van der Waals surface area contributed by atoms with Crippen molar-refractivity contribution in [2.45, 2.75) is 12.5 Å². The van der Waals surface area contributed by atoms with Gasteiger partial charge in [-0.2, -0.15) is 0 Å². The minimum absolute atomic E-state index is 0.122. The first kappa shape index (κ1) is 16.2. The van der Waals surface area contributed by atoms with Gasteiger partial charge in [0.1, 0.15) is 11.9 Å². The van der Waals surface area contributed by atoms with Crippen LogP contribution in [-0.4, -0.2) is 17.9 Å². The zero-order valence-corrected chi connectivity index (χ0v) is 13.1. The normalized spacial score (nSPS) is 11.7. The zero-order chi connectivity index (χ0) is 16.1. The van der Waals surface area contributed by atoms with Gasteiger partial charge in [-0.25, -0.2) is 4.39 Å². The molecule has 0 aromatic heterocycles. The first-order chi connectivity index (χ1) is 10.5. The van der Waals surface area contributed by atoms with Crippen LogP contribution in [0.3, 0.4) is 0 Å². The van der Waals surface area contributed by atoms with Gasteiger partial charge >= 0.3 is 0 Å². The van der Waals surface area contributed by atoms with E-state index in [1.165, 1.54) is 18.2 Å². The average Bonchev–Trinajstić information content (AvgIpc) is 2.46. The molecule has 0 spiro atoms. The SMILES string of the molecule is NC(=O)[C@H](Cc1cccc(Br)c1)NC(=O)c1ccccc1F. The molecule has 6 heteroatoms. The fraction of sp³-hybridized carbons (Fsp3) is 0.125. The molecule has 0 heterocycles. The Kier molecular flexibility index (Phi) is 5.27. The van der Waals surface area contributed by atoms with Crippen molar-refractivity contribution in [2.24, 2.45) is 5.73 Å². The molecule has 0 aliphatic rings. The molecule has 22 heavy (non-hydrogen) atoms. The third kappa shape index (κ3) is 4.14. The van der Waals surface area contributed by atoms with E-state index in [1.807, 2.05) is 24.3 Å². The lowest BCUT2D eigenvalue weighted by molar-refractivity contribution is -0.119. The highest BCUT2D eigenvalue weighted by Crippen LogP contribution is 2.14. The highest BCUT2D eigenvalue weighted by molar-refractivity contribution is 9.10. The lowest BCUT2D eigenvalue weighted by atomic mass is 10.0. The number of carbonyl (C=O) groups excluding carboxylic acids is 2. The third-order valence-corrected chi connectivity index (χ3v) is 3.59. The van der Waals surface area contributed by atoms with E-state index in [0.717, 1.165) is 10.0 Å². The predicted octanol–water partition coefficient (Wildman–Crippen LogP) is 2.41. The fourth-order valence-electron chi connectivity index (χ4n) is 2.00. The summed E-state index contributed by atoms with van der Waals surface area (Å²) in [7, 11) is 0. The Bertz CT molecular complexity index is 706. The molecule has 3 N–H and O–H groups in total. The summed E-state index contributed by atoms with van der Waals surface area (Å²) >= 11 is 3.33. The van der Waals surface area contributed by atoms with Gasteiger partial charge in [0.15, 0.2) is 0 Å². The van der Waals surface area contributed by atoms with E-state index in [2.05, 4.69) is 21.2 Å². The summed E-state index contributed by atoms with van der Waals surface area (Å²) in [5.41, 5.74) is 6.03. The summed E-state index contributed by atoms with van der Waals surface area (Å²) < 4.78 is 14.4. The van der Waals surface area contributed by atoms with Crippen LogP contribution in [0.25, 0.3) is 0 Å². The molecule has 0 aliphatic carbocycles. The molecule has 0 unspecified atom stereocenters. The predicted molar refractivity (Wildman–Crippen MR) is 84.7 cm³/mol. The van der Waals surface area contributed by atoms with E-state index in [-0.39, 0.29) is 12.0 Å². The Morgan fingerprint density at radius 3 is 2.55 bits per heavy atom. The molecular weight excluding hydrogens is 351 g/mol. The molecule has 0 saturated heterocycles. The molecule has 2 aromatic rings. The summed E-state index contributed by atoms with van der Waals surface area (Å²) in [6.07, 6.45) is 0.231. The molecule has 0 aliphatic heterocycles. The van der Waals surface area contributed by atoms with Gasteiger partial charge < -0.3 is 11.1 Å². The monoisotopic (exact) mass is 364 g/mol. The van der Waals surface area contributed by atoms with E-state index in [1.54, 1.807) is 6.07 Å². The second kappa shape index (κ2) is 7.17. The minimum Gasteiger partial charge on any atom is -0.368 e. The van der Waals surface area contributed by atoms with Crippen molar-refractivity contribution in [1.82, 2.24) is 5.32 Å². The van der Waals surface area contributed by atoms with Crippen LogP contribution in [0.1, 0.15) is 15.9 Å². The number of carbonyl (C=O) groups is 2. The topological polar surface area (TPSA) is 72.2 Å². The molecule has 0 radical (unpaired) electrons. The maximum absolute atomic E-state index is 13.6. The Morgan fingerprint density at radius 1 is 1.18 bits per heavy atom. The Morgan fingerprint density at radius 2 is 1.91 bits per heavy atom. The van der Waals surface area contributed by atoms with Gasteiger partial charge in [0.2, 0.25) is 5.91 Å². The lowest BCUT2D eigenvalue weighted by Crippen LogP contribution is -2.46. The van der Waals surface area contributed by atoms with Gasteiger partial charge in [-0.3, -0.25) is 9.59 Å². The van der Waals surface area contributed by atoms with Crippen LogP contribution in [0.2, 0.25) is 0 Å². The Hall–Kier alpha value is -2.21. The molecule has 0 saturated carbocycles. The van der Waals surface area contributed by atoms with Crippen molar-refractivity contribution in [3.05, 3.63) is 69.9 Å². The van der Waals surface area contributed by atoms with Gasteiger partial charge in [-0.1, -0.05) is 40.2 Å². The number of hydrogen-bond donors (Lipinski definition) is 2. The molecule has 2 amide bonds. The van der Waals surface area contributed by atoms with Gasteiger partial charge in [-0.05, 0) is 29.8 Å². The van der Waals surface area contributed by atoms with Gasteiger partial charge in [0.05, 0.1) is 5.56 Å². The van der Waals surface area contributed by atoms with Crippen molar-refractivity contribution in [3.8, 4) is 0 Å².